The first-order valence-corrected chi connectivity index (χ1v) is 9.48. The number of nitrogens with zero attached hydrogens (tertiary/aromatic N) is 2. The minimum Gasteiger partial charge on any atom is -0.486 e. The van der Waals surface area contributed by atoms with Gasteiger partial charge in [-0.2, -0.15) is 5.10 Å². The number of nitrogens with one attached hydrogen (secondary N) is 1. The molecule has 0 atom stereocenters. The minimum atomic E-state index is -3.71. The number of hydrogen-bond acceptors (Lipinski definition) is 6. The van der Waals surface area contributed by atoms with Crippen LogP contribution in [0, 0.1) is 0 Å². The topological polar surface area (TPSA) is 95.6 Å². The molecule has 1 N–H and O–H groups in total. The van der Waals surface area contributed by atoms with Crippen molar-refractivity contribution in [2.75, 3.05) is 13.2 Å². The molecular weight excluding hydrogens is 358 g/mol. The zero-order valence-electron chi connectivity index (χ0n) is 14.0. The molecule has 8 nitrogen and oxygen atoms in total. The van der Waals surface area contributed by atoms with Gasteiger partial charge in [0.15, 0.2) is 17.3 Å². The highest BCUT2D eigenvalue weighted by molar-refractivity contribution is 7.89. The van der Waals surface area contributed by atoms with E-state index in [9.17, 15) is 8.42 Å². The largest absolute Gasteiger partial charge is 0.486 e. The maximum Gasteiger partial charge on any atom is 0.241 e. The van der Waals surface area contributed by atoms with Gasteiger partial charge in [-0.15, -0.1) is 0 Å². The molecule has 0 fully saturated rings. The fraction of sp³-hybridized carbons (Fsp3) is 0.235. The molecule has 0 saturated heterocycles. The summed E-state index contributed by atoms with van der Waals surface area (Å²) in [7, 11) is -1.90. The molecule has 0 unspecified atom stereocenters. The van der Waals surface area contributed by atoms with Gasteiger partial charge in [0.2, 0.25) is 10.0 Å². The number of hydrogen-bond donors (Lipinski definition) is 1. The van der Waals surface area contributed by atoms with Crippen LogP contribution in [0.25, 0.3) is 11.5 Å². The molecular formula is C17H17N3O5S. The molecule has 9 heteroatoms. The summed E-state index contributed by atoms with van der Waals surface area (Å²) >= 11 is 0. The van der Waals surface area contributed by atoms with Crippen molar-refractivity contribution in [3.05, 3.63) is 48.4 Å². The van der Waals surface area contributed by atoms with E-state index in [4.69, 9.17) is 13.9 Å². The Morgan fingerprint density at radius 3 is 2.69 bits per heavy atom. The van der Waals surface area contributed by atoms with E-state index in [2.05, 4.69) is 9.82 Å². The SMILES string of the molecule is Cn1nccc1-c1ccc(CNS(=O)(=O)c2ccc3c(c2)OCCO3)o1. The molecule has 26 heavy (non-hydrogen) atoms. The van der Waals surface area contributed by atoms with Gasteiger partial charge in [0.05, 0.1) is 11.4 Å². The first kappa shape index (κ1) is 16.7. The van der Waals surface area contributed by atoms with Crippen molar-refractivity contribution in [2.24, 2.45) is 7.05 Å². The fourth-order valence-electron chi connectivity index (χ4n) is 2.67. The third-order valence-corrected chi connectivity index (χ3v) is 5.39. The Morgan fingerprint density at radius 2 is 1.92 bits per heavy atom. The first-order valence-electron chi connectivity index (χ1n) is 7.99. The fourth-order valence-corrected chi connectivity index (χ4v) is 3.67. The molecule has 0 saturated carbocycles. The third kappa shape index (κ3) is 3.18. The molecule has 136 valence electrons. The number of sulfonamides is 1. The van der Waals surface area contributed by atoms with Crippen LogP contribution in [0.5, 0.6) is 11.5 Å². The lowest BCUT2D eigenvalue weighted by Crippen LogP contribution is -2.23. The second-order valence-electron chi connectivity index (χ2n) is 5.74. The number of aryl methyl sites for hydroxylation is 1. The summed E-state index contributed by atoms with van der Waals surface area (Å²) in [6, 6.07) is 9.87. The second-order valence-corrected chi connectivity index (χ2v) is 7.50. The summed E-state index contributed by atoms with van der Waals surface area (Å²) < 4.78 is 45.8. The summed E-state index contributed by atoms with van der Waals surface area (Å²) in [6.07, 6.45) is 1.67. The molecule has 3 heterocycles. The maximum absolute atomic E-state index is 12.5. The molecule has 0 radical (unpaired) electrons. The Hall–Kier alpha value is -2.78. The van der Waals surface area contributed by atoms with Crippen LogP contribution < -0.4 is 14.2 Å². The normalized spacial score (nSPS) is 13.7. The van der Waals surface area contributed by atoms with E-state index in [1.54, 1.807) is 29.1 Å². The monoisotopic (exact) mass is 375 g/mol. The lowest BCUT2D eigenvalue weighted by atomic mass is 10.3. The summed E-state index contributed by atoms with van der Waals surface area (Å²) in [5.74, 6) is 2.10. The van der Waals surface area contributed by atoms with Crippen molar-refractivity contribution in [3.63, 3.8) is 0 Å². The molecule has 4 rings (SSSR count). The Kier molecular flexibility index (Phi) is 4.17. The van der Waals surface area contributed by atoms with Gasteiger partial charge in [-0.1, -0.05) is 0 Å². The summed E-state index contributed by atoms with van der Waals surface area (Å²) in [6.45, 7) is 0.885. The summed E-state index contributed by atoms with van der Waals surface area (Å²) in [4.78, 5) is 0.111. The molecule has 0 aliphatic carbocycles. The first-order chi connectivity index (χ1) is 12.5. The van der Waals surface area contributed by atoms with Crippen LogP contribution in [0.4, 0.5) is 0 Å². The molecule has 1 aliphatic rings. The van der Waals surface area contributed by atoms with Crippen LogP contribution in [-0.2, 0) is 23.6 Å². The van der Waals surface area contributed by atoms with Crippen LogP contribution in [-0.4, -0.2) is 31.4 Å². The summed E-state index contributed by atoms with van der Waals surface area (Å²) in [5, 5.41) is 4.09. The van der Waals surface area contributed by atoms with Crippen molar-refractivity contribution < 1.29 is 22.3 Å². The number of ether oxygens (including phenoxy) is 2. The Labute approximate surface area is 150 Å². The van der Waals surface area contributed by atoms with Gasteiger partial charge in [0, 0.05) is 19.3 Å². The van der Waals surface area contributed by atoms with Gasteiger partial charge < -0.3 is 13.9 Å². The van der Waals surface area contributed by atoms with Gasteiger partial charge in [-0.05, 0) is 30.3 Å². The van der Waals surface area contributed by atoms with Crippen molar-refractivity contribution in [2.45, 2.75) is 11.4 Å². The average Bonchev–Trinajstić information content (AvgIpc) is 3.28. The molecule has 1 aromatic carbocycles. The van der Waals surface area contributed by atoms with Crippen LogP contribution in [0.1, 0.15) is 5.76 Å². The minimum absolute atomic E-state index is 0.0363. The lowest BCUT2D eigenvalue weighted by molar-refractivity contribution is 0.171. The Balaban J connectivity index is 1.49. The van der Waals surface area contributed by atoms with E-state index in [1.807, 2.05) is 13.1 Å². The van der Waals surface area contributed by atoms with Crippen LogP contribution in [0.3, 0.4) is 0 Å². The van der Waals surface area contributed by atoms with E-state index in [0.717, 1.165) is 5.69 Å². The number of benzene rings is 1. The van der Waals surface area contributed by atoms with E-state index >= 15 is 0 Å². The zero-order valence-corrected chi connectivity index (χ0v) is 14.8. The molecule has 3 aromatic rings. The maximum atomic E-state index is 12.5. The van der Waals surface area contributed by atoms with E-state index in [1.165, 1.54) is 12.1 Å². The van der Waals surface area contributed by atoms with Crippen molar-refractivity contribution in [3.8, 4) is 23.0 Å². The van der Waals surface area contributed by atoms with Gasteiger partial charge in [0.25, 0.3) is 0 Å². The zero-order chi connectivity index (χ0) is 18.1. The van der Waals surface area contributed by atoms with Gasteiger partial charge in [-0.25, -0.2) is 13.1 Å². The van der Waals surface area contributed by atoms with Crippen molar-refractivity contribution in [1.82, 2.24) is 14.5 Å². The van der Waals surface area contributed by atoms with Gasteiger partial charge >= 0.3 is 0 Å². The average molecular weight is 375 g/mol. The smallest absolute Gasteiger partial charge is 0.241 e. The molecule has 0 bridgehead atoms. The summed E-state index contributed by atoms with van der Waals surface area (Å²) in [5.41, 5.74) is 0.811. The Bertz CT molecular complexity index is 1040. The lowest BCUT2D eigenvalue weighted by Gasteiger charge is -2.18. The van der Waals surface area contributed by atoms with Crippen LogP contribution >= 0.6 is 0 Å². The van der Waals surface area contributed by atoms with Crippen molar-refractivity contribution in [1.29, 1.82) is 0 Å². The quantitative estimate of drug-likeness (QED) is 0.732. The predicted octanol–water partition coefficient (Wildman–Crippen LogP) is 1.93. The number of aromatic nitrogens is 2. The molecule has 0 spiro atoms. The van der Waals surface area contributed by atoms with E-state index in [-0.39, 0.29) is 11.4 Å². The molecule has 1 aliphatic heterocycles. The number of fused-ring (bicyclic) bond motifs is 1. The highest BCUT2D eigenvalue weighted by Crippen LogP contribution is 2.32. The van der Waals surface area contributed by atoms with Gasteiger partial charge in [0.1, 0.15) is 24.7 Å². The van der Waals surface area contributed by atoms with Crippen molar-refractivity contribution >= 4 is 10.0 Å². The predicted molar refractivity (Wildman–Crippen MR) is 92.4 cm³/mol. The molecule has 0 amide bonds. The Morgan fingerprint density at radius 1 is 1.12 bits per heavy atom. The molecule has 2 aromatic heterocycles. The van der Waals surface area contributed by atoms with Crippen LogP contribution in [0.2, 0.25) is 0 Å². The third-order valence-electron chi connectivity index (χ3n) is 4.00. The van der Waals surface area contributed by atoms with Gasteiger partial charge in [-0.3, -0.25) is 4.68 Å². The number of rotatable bonds is 5. The highest BCUT2D eigenvalue weighted by Gasteiger charge is 2.20. The second kappa shape index (κ2) is 6.50. The van der Waals surface area contributed by atoms with E-state index in [0.29, 0.717) is 36.2 Å². The van der Waals surface area contributed by atoms with Crippen LogP contribution in [0.15, 0.2) is 51.9 Å². The highest BCUT2D eigenvalue weighted by atomic mass is 32.2. The number of furan rings is 1. The van der Waals surface area contributed by atoms with E-state index < -0.39 is 10.0 Å². The standard InChI is InChI=1S/C17H17N3O5S/c1-20-14(6-7-18-20)15-4-2-12(25-15)11-19-26(21,22)13-3-5-16-17(10-13)24-9-8-23-16/h2-7,10,19H,8-9,11H2,1H3.